The standard InChI is InChI=1S/C8H7NO4.ClH/c9-4-1-2-5(7(10)11)6(3-4)8(12)13;/h1-3H,9H2,(H,10,11)(H,12,13);1H. The number of carboxylic acid groups (broad SMARTS) is 2. The zero-order chi connectivity index (χ0) is 10.0. The summed E-state index contributed by atoms with van der Waals surface area (Å²) in [5.41, 5.74) is 4.97. The Balaban J connectivity index is 0.00000169. The Morgan fingerprint density at radius 1 is 1.07 bits per heavy atom. The maximum Gasteiger partial charge on any atom is 0.336 e. The van der Waals surface area contributed by atoms with Crippen LogP contribution in [0.5, 0.6) is 0 Å². The minimum atomic E-state index is -1.30. The van der Waals surface area contributed by atoms with Gasteiger partial charge >= 0.3 is 11.9 Å². The molecule has 0 saturated heterocycles. The molecular weight excluding hydrogens is 210 g/mol. The van der Waals surface area contributed by atoms with E-state index in [1.54, 1.807) is 0 Å². The SMILES string of the molecule is Cl.Nc1ccc(C(=O)O)c(C(=O)O)c1. The van der Waals surface area contributed by atoms with Crippen LogP contribution in [0.4, 0.5) is 5.69 Å². The number of benzene rings is 1. The molecule has 0 atom stereocenters. The highest BCUT2D eigenvalue weighted by molar-refractivity contribution is 6.02. The second-order valence-electron chi connectivity index (χ2n) is 2.42. The van der Waals surface area contributed by atoms with E-state index in [0.717, 1.165) is 6.07 Å². The van der Waals surface area contributed by atoms with E-state index in [-0.39, 0.29) is 29.2 Å². The van der Waals surface area contributed by atoms with Crippen LogP contribution < -0.4 is 5.73 Å². The Labute approximate surface area is 85.6 Å². The lowest BCUT2D eigenvalue weighted by Crippen LogP contribution is -2.08. The molecule has 0 unspecified atom stereocenters. The zero-order valence-corrected chi connectivity index (χ0v) is 7.75. The molecule has 0 spiro atoms. The average molecular weight is 218 g/mol. The van der Waals surface area contributed by atoms with Crippen LogP contribution in [0, 0.1) is 0 Å². The summed E-state index contributed by atoms with van der Waals surface area (Å²) in [7, 11) is 0. The van der Waals surface area contributed by atoms with Crippen molar-refractivity contribution in [2.45, 2.75) is 0 Å². The fourth-order valence-electron chi connectivity index (χ4n) is 0.925. The second-order valence-corrected chi connectivity index (χ2v) is 2.42. The maximum absolute atomic E-state index is 10.6. The third-order valence-corrected chi connectivity index (χ3v) is 1.50. The Morgan fingerprint density at radius 3 is 2.00 bits per heavy atom. The largest absolute Gasteiger partial charge is 0.478 e. The summed E-state index contributed by atoms with van der Waals surface area (Å²) in [6, 6.07) is 3.63. The van der Waals surface area contributed by atoms with E-state index in [4.69, 9.17) is 15.9 Å². The summed E-state index contributed by atoms with van der Waals surface area (Å²) in [5, 5.41) is 17.2. The van der Waals surface area contributed by atoms with Crippen molar-refractivity contribution in [2.75, 3.05) is 5.73 Å². The van der Waals surface area contributed by atoms with Crippen LogP contribution in [0.25, 0.3) is 0 Å². The van der Waals surface area contributed by atoms with Gasteiger partial charge in [0.15, 0.2) is 0 Å². The summed E-state index contributed by atoms with van der Waals surface area (Å²) in [6.07, 6.45) is 0. The van der Waals surface area contributed by atoms with Gasteiger partial charge in [0, 0.05) is 5.69 Å². The van der Waals surface area contributed by atoms with Crippen molar-refractivity contribution in [3.8, 4) is 0 Å². The first-order valence-electron chi connectivity index (χ1n) is 3.38. The third kappa shape index (κ3) is 2.37. The van der Waals surface area contributed by atoms with Gasteiger partial charge < -0.3 is 15.9 Å². The lowest BCUT2D eigenvalue weighted by Gasteiger charge is -2.01. The zero-order valence-electron chi connectivity index (χ0n) is 6.93. The highest BCUT2D eigenvalue weighted by Crippen LogP contribution is 2.13. The van der Waals surface area contributed by atoms with Crippen LogP contribution in [0.15, 0.2) is 18.2 Å². The van der Waals surface area contributed by atoms with Crippen LogP contribution in [0.1, 0.15) is 20.7 Å². The van der Waals surface area contributed by atoms with Gasteiger partial charge in [0.05, 0.1) is 11.1 Å². The van der Waals surface area contributed by atoms with Gasteiger partial charge in [0.1, 0.15) is 0 Å². The molecule has 1 aromatic carbocycles. The Morgan fingerprint density at radius 2 is 1.57 bits per heavy atom. The summed E-state index contributed by atoms with van der Waals surface area (Å²) < 4.78 is 0. The first-order chi connectivity index (χ1) is 6.02. The Hall–Kier alpha value is -1.75. The quantitative estimate of drug-likeness (QED) is 0.644. The van der Waals surface area contributed by atoms with Gasteiger partial charge in [0.2, 0.25) is 0 Å². The van der Waals surface area contributed by atoms with Gasteiger partial charge in [-0.05, 0) is 18.2 Å². The average Bonchev–Trinajstić information content (AvgIpc) is 2.03. The smallest absolute Gasteiger partial charge is 0.336 e. The summed E-state index contributed by atoms with van der Waals surface area (Å²) in [5.74, 6) is -2.58. The number of hydrogen-bond acceptors (Lipinski definition) is 3. The lowest BCUT2D eigenvalue weighted by molar-refractivity contribution is 0.0651. The topological polar surface area (TPSA) is 101 Å². The van der Waals surface area contributed by atoms with Gasteiger partial charge in [-0.25, -0.2) is 9.59 Å². The molecule has 0 saturated carbocycles. The van der Waals surface area contributed by atoms with E-state index in [1.165, 1.54) is 12.1 Å². The number of carbonyl (C=O) groups is 2. The summed E-state index contributed by atoms with van der Waals surface area (Å²) in [6.45, 7) is 0. The third-order valence-electron chi connectivity index (χ3n) is 1.50. The van der Waals surface area contributed by atoms with E-state index in [2.05, 4.69) is 0 Å². The van der Waals surface area contributed by atoms with Crippen molar-refractivity contribution in [1.82, 2.24) is 0 Å². The van der Waals surface area contributed by atoms with Gasteiger partial charge in [0.25, 0.3) is 0 Å². The summed E-state index contributed by atoms with van der Waals surface area (Å²) in [4.78, 5) is 21.1. The van der Waals surface area contributed by atoms with Crippen LogP contribution >= 0.6 is 12.4 Å². The number of nitrogen functional groups attached to an aromatic ring is 1. The van der Waals surface area contributed by atoms with Crippen LogP contribution in [0.2, 0.25) is 0 Å². The molecule has 0 aliphatic rings. The van der Waals surface area contributed by atoms with E-state index in [9.17, 15) is 9.59 Å². The molecule has 0 amide bonds. The van der Waals surface area contributed by atoms with Crippen molar-refractivity contribution >= 4 is 30.0 Å². The molecule has 0 radical (unpaired) electrons. The van der Waals surface area contributed by atoms with Crippen molar-refractivity contribution in [2.24, 2.45) is 0 Å². The Bertz CT molecular complexity index is 378. The maximum atomic E-state index is 10.6. The number of aromatic carboxylic acids is 2. The minimum absolute atomic E-state index is 0. The Kier molecular flexibility index (Phi) is 3.92. The van der Waals surface area contributed by atoms with Gasteiger partial charge in [-0.3, -0.25) is 0 Å². The van der Waals surface area contributed by atoms with Crippen molar-refractivity contribution < 1.29 is 19.8 Å². The fourth-order valence-corrected chi connectivity index (χ4v) is 0.925. The van der Waals surface area contributed by atoms with Crippen molar-refractivity contribution in [3.05, 3.63) is 29.3 Å². The van der Waals surface area contributed by atoms with Crippen LogP contribution in [-0.4, -0.2) is 22.2 Å². The molecule has 0 aliphatic heterocycles. The number of carboxylic acids is 2. The number of rotatable bonds is 2. The van der Waals surface area contributed by atoms with Gasteiger partial charge in [-0.15, -0.1) is 12.4 Å². The molecule has 6 heteroatoms. The predicted octanol–water partition coefficient (Wildman–Crippen LogP) is 1.09. The molecule has 0 heterocycles. The fraction of sp³-hybridized carbons (Fsp3) is 0. The van der Waals surface area contributed by atoms with E-state index in [1.807, 2.05) is 0 Å². The van der Waals surface area contributed by atoms with E-state index < -0.39 is 11.9 Å². The first kappa shape index (κ1) is 12.2. The molecule has 14 heavy (non-hydrogen) atoms. The van der Waals surface area contributed by atoms with Crippen molar-refractivity contribution in [1.29, 1.82) is 0 Å². The monoisotopic (exact) mass is 217 g/mol. The van der Waals surface area contributed by atoms with E-state index in [0.29, 0.717) is 0 Å². The molecule has 0 fully saturated rings. The number of hydrogen-bond donors (Lipinski definition) is 3. The molecule has 76 valence electrons. The molecule has 1 aromatic rings. The van der Waals surface area contributed by atoms with Gasteiger partial charge in [-0.2, -0.15) is 0 Å². The summed E-state index contributed by atoms with van der Waals surface area (Å²) >= 11 is 0. The van der Waals surface area contributed by atoms with Crippen LogP contribution in [-0.2, 0) is 0 Å². The van der Waals surface area contributed by atoms with E-state index >= 15 is 0 Å². The van der Waals surface area contributed by atoms with Crippen molar-refractivity contribution in [3.63, 3.8) is 0 Å². The predicted molar refractivity (Wildman–Crippen MR) is 52.0 cm³/mol. The number of nitrogens with two attached hydrogens (primary N) is 1. The number of halogens is 1. The second kappa shape index (κ2) is 4.48. The molecule has 4 N–H and O–H groups in total. The molecule has 0 bridgehead atoms. The highest BCUT2D eigenvalue weighted by atomic mass is 35.5. The highest BCUT2D eigenvalue weighted by Gasteiger charge is 2.15. The minimum Gasteiger partial charge on any atom is -0.478 e. The molecular formula is C8H8ClNO4. The molecule has 0 aliphatic carbocycles. The normalized spacial score (nSPS) is 8.86. The molecule has 5 nitrogen and oxygen atoms in total. The first-order valence-corrected chi connectivity index (χ1v) is 3.38. The number of anilines is 1. The molecule has 1 rings (SSSR count). The van der Waals surface area contributed by atoms with Crippen LogP contribution in [0.3, 0.4) is 0 Å². The molecule has 0 aromatic heterocycles. The van der Waals surface area contributed by atoms with Gasteiger partial charge in [-0.1, -0.05) is 0 Å². The lowest BCUT2D eigenvalue weighted by atomic mass is 10.1.